The van der Waals surface area contributed by atoms with Gasteiger partial charge in [0.1, 0.15) is 11.9 Å². The number of hydrogen-bond donors (Lipinski definition) is 0. The van der Waals surface area contributed by atoms with Crippen LogP contribution in [0.1, 0.15) is 25.3 Å². The van der Waals surface area contributed by atoms with Crippen molar-refractivity contribution in [2.45, 2.75) is 32.5 Å². The smallest absolute Gasteiger partial charge is 0.149 e. The first-order valence-electron chi connectivity index (χ1n) is 8.50. The Bertz CT molecular complexity index is 777. The van der Waals surface area contributed by atoms with Crippen molar-refractivity contribution in [3.63, 3.8) is 0 Å². The summed E-state index contributed by atoms with van der Waals surface area (Å²) in [6.07, 6.45) is 6.04. The molecule has 1 saturated heterocycles. The Morgan fingerprint density at radius 1 is 1.40 bits per heavy atom. The average Bonchev–Trinajstić information content (AvgIpc) is 3.26. The van der Waals surface area contributed by atoms with Crippen LogP contribution in [0.4, 0.5) is 4.39 Å². The van der Waals surface area contributed by atoms with Crippen molar-refractivity contribution < 1.29 is 9.13 Å². The van der Waals surface area contributed by atoms with E-state index in [1.807, 2.05) is 10.8 Å². The molecule has 1 aliphatic heterocycles. The van der Waals surface area contributed by atoms with Gasteiger partial charge in [-0.05, 0) is 25.5 Å². The lowest BCUT2D eigenvalue weighted by Gasteiger charge is -2.24. The molecule has 0 N–H and O–H groups in total. The number of benzene rings is 1. The van der Waals surface area contributed by atoms with Gasteiger partial charge in [0.05, 0.1) is 23.4 Å². The summed E-state index contributed by atoms with van der Waals surface area (Å²) >= 11 is 5.88. The largest absolute Gasteiger partial charge is 0.377 e. The van der Waals surface area contributed by atoms with Gasteiger partial charge in [0.2, 0.25) is 0 Å². The van der Waals surface area contributed by atoms with E-state index in [9.17, 15) is 9.65 Å². The molecule has 6 heteroatoms. The van der Waals surface area contributed by atoms with Gasteiger partial charge >= 0.3 is 0 Å². The van der Waals surface area contributed by atoms with Crippen LogP contribution in [0.15, 0.2) is 30.6 Å². The van der Waals surface area contributed by atoms with Crippen LogP contribution in [0.25, 0.3) is 11.1 Å². The molecule has 0 radical (unpaired) electrons. The number of halogens is 2. The van der Waals surface area contributed by atoms with Gasteiger partial charge in [0.15, 0.2) is 0 Å². The zero-order valence-corrected chi connectivity index (χ0v) is 15.0. The van der Waals surface area contributed by atoms with Gasteiger partial charge in [-0.3, -0.25) is 4.90 Å². The molecule has 1 aromatic heterocycles. The standard InChI is InChI=1S/C19H21ClFN3O/c1-2-23(11-15-5-4-8-25-15)13-24-10-14(9-22)17(12-24)16-6-3-7-18(20)19(16)21/h3,6-7,10,12,15H,2,4-5,8,11,13H2,1H3. The van der Waals surface area contributed by atoms with E-state index in [4.69, 9.17) is 16.3 Å². The third-order valence-corrected chi connectivity index (χ3v) is 4.83. The first-order valence-corrected chi connectivity index (χ1v) is 8.88. The molecular weight excluding hydrogens is 341 g/mol. The summed E-state index contributed by atoms with van der Waals surface area (Å²) in [6.45, 7) is 5.30. The van der Waals surface area contributed by atoms with Crippen LogP contribution in [-0.2, 0) is 11.4 Å². The van der Waals surface area contributed by atoms with Crippen LogP contribution in [0.2, 0.25) is 5.02 Å². The molecule has 0 amide bonds. The van der Waals surface area contributed by atoms with Crippen molar-refractivity contribution in [3.05, 3.63) is 47.0 Å². The Morgan fingerprint density at radius 3 is 2.92 bits per heavy atom. The number of aromatic nitrogens is 1. The normalized spacial score (nSPS) is 17.2. The van der Waals surface area contributed by atoms with Crippen molar-refractivity contribution in [3.8, 4) is 17.2 Å². The van der Waals surface area contributed by atoms with Crippen molar-refractivity contribution in [2.24, 2.45) is 0 Å². The quantitative estimate of drug-likeness (QED) is 0.771. The zero-order valence-electron chi connectivity index (χ0n) is 14.2. The van der Waals surface area contributed by atoms with E-state index < -0.39 is 5.82 Å². The Morgan fingerprint density at radius 2 is 2.24 bits per heavy atom. The van der Waals surface area contributed by atoms with Gasteiger partial charge in [0.25, 0.3) is 0 Å². The lowest BCUT2D eigenvalue weighted by Crippen LogP contribution is -2.33. The predicted molar refractivity (Wildman–Crippen MR) is 95.8 cm³/mol. The maximum absolute atomic E-state index is 14.3. The van der Waals surface area contributed by atoms with E-state index in [0.717, 1.165) is 32.5 Å². The fraction of sp³-hybridized carbons (Fsp3) is 0.421. The highest BCUT2D eigenvalue weighted by Gasteiger charge is 2.20. The molecule has 0 spiro atoms. The second-order valence-corrected chi connectivity index (χ2v) is 6.67. The molecule has 1 aromatic carbocycles. The van der Waals surface area contributed by atoms with Crippen LogP contribution < -0.4 is 0 Å². The van der Waals surface area contributed by atoms with Gasteiger partial charge < -0.3 is 9.30 Å². The highest BCUT2D eigenvalue weighted by molar-refractivity contribution is 6.31. The van der Waals surface area contributed by atoms with E-state index in [-0.39, 0.29) is 11.1 Å². The lowest BCUT2D eigenvalue weighted by atomic mass is 10.1. The number of rotatable bonds is 6. The molecule has 1 unspecified atom stereocenters. The van der Waals surface area contributed by atoms with Gasteiger partial charge in [-0.25, -0.2) is 4.39 Å². The van der Waals surface area contributed by atoms with Crippen LogP contribution in [0.5, 0.6) is 0 Å². The third-order valence-electron chi connectivity index (χ3n) is 4.54. The fourth-order valence-corrected chi connectivity index (χ4v) is 3.37. The molecule has 2 heterocycles. The molecule has 25 heavy (non-hydrogen) atoms. The van der Waals surface area contributed by atoms with E-state index >= 15 is 0 Å². The molecular formula is C19H21ClFN3O. The summed E-state index contributed by atoms with van der Waals surface area (Å²) in [6, 6.07) is 6.99. The zero-order chi connectivity index (χ0) is 17.8. The SMILES string of the molecule is CCN(CC1CCCO1)Cn1cc(C#N)c(-c2cccc(Cl)c2F)c1. The van der Waals surface area contributed by atoms with E-state index in [1.165, 1.54) is 6.07 Å². The summed E-state index contributed by atoms with van der Waals surface area (Å²) in [5.41, 5.74) is 1.36. The Balaban J connectivity index is 1.82. The van der Waals surface area contributed by atoms with Gasteiger partial charge in [-0.2, -0.15) is 5.26 Å². The highest BCUT2D eigenvalue weighted by atomic mass is 35.5. The molecule has 4 nitrogen and oxygen atoms in total. The second kappa shape index (κ2) is 8.01. The first-order chi connectivity index (χ1) is 12.1. The second-order valence-electron chi connectivity index (χ2n) is 6.26. The minimum absolute atomic E-state index is 0.0581. The monoisotopic (exact) mass is 361 g/mol. The third kappa shape index (κ3) is 4.04. The average molecular weight is 362 g/mol. The van der Waals surface area contributed by atoms with E-state index in [2.05, 4.69) is 17.9 Å². The molecule has 1 atom stereocenters. The number of ether oxygens (including phenoxy) is 1. The summed E-state index contributed by atoms with van der Waals surface area (Å²) < 4.78 is 22.0. The minimum atomic E-state index is -0.495. The topological polar surface area (TPSA) is 41.2 Å². The van der Waals surface area contributed by atoms with Crippen LogP contribution in [0, 0.1) is 17.1 Å². The molecule has 0 bridgehead atoms. The minimum Gasteiger partial charge on any atom is -0.377 e. The van der Waals surface area contributed by atoms with Crippen molar-refractivity contribution in [1.82, 2.24) is 9.47 Å². The molecule has 0 saturated carbocycles. The summed E-state index contributed by atoms with van der Waals surface area (Å²) in [4.78, 5) is 2.26. The summed E-state index contributed by atoms with van der Waals surface area (Å²) in [5.74, 6) is -0.495. The first kappa shape index (κ1) is 17.9. The van der Waals surface area contributed by atoms with E-state index in [1.54, 1.807) is 18.3 Å². The fourth-order valence-electron chi connectivity index (χ4n) is 3.20. The maximum Gasteiger partial charge on any atom is 0.149 e. The molecule has 0 aliphatic carbocycles. The molecule has 2 aromatic rings. The van der Waals surface area contributed by atoms with Crippen molar-refractivity contribution >= 4 is 11.6 Å². The van der Waals surface area contributed by atoms with Crippen molar-refractivity contribution in [2.75, 3.05) is 19.7 Å². The molecule has 132 valence electrons. The van der Waals surface area contributed by atoms with Gasteiger partial charge in [-0.15, -0.1) is 0 Å². The number of nitrogens with zero attached hydrogens (tertiary/aromatic N) is 3. The van der Waals surface area contributed by atoms with Crippen LogP contribution >= 0.6 is 11.6 Å². The summed E-state index contributed by atoms with van der Waals surface area (Å²) in [5, 5.41) is 9.48. The van der Waals surface area contributed by atoms with Crippen molar-refractivity contribution in [1.29, 1.82) is 5.26 Å². The molecule has 1 fully saturated rings. The summed E-state index contributed by atoms with van der Waals surface area (Å²) in [7, 11) is 0. The number of hydrogen-bond acceptors (Lipinski definition) is 3. The maximum atomic E-state index is 14.3. The Kier molecular flexibility index (Phi) is 5.74. The number of nitriles is 1. The van der Waals surface area contributed by atoms with E-state index in [0.29, 0.717) is 23.4 Å². The van der Waals surface area contributed by atoms with Gasteiger partial charge in [-0.1, -0.05) is 30.7 Å². The van der Waals surface area contributed by atoms with Gasteiger partial charge in [0, 0.05) is 36.7 Å². The Labute approximate surface area is 152 Å². The lowest BCUT2D eigenvalue weighted by molar-refractivity contribution is 0.0645. The highest BCUT2D eigenvalue weighted by Crippen LogP contribution is 2.30. The Hall–Kier alpha value is -1.87. The van der Waals surface area contributed by atoms with Crippen LogP contribution in [0.3, 0.4) is 0 Å². The number of likely N-dealkylation sites (N-methyl/N-ethyl adjacent to an activating group) is 1. The predicted octanol–water partition coefficient (Wildman–Crippen LogP) is 4.28. The molecule has 1 aliphatic rings. The van der Waals surface area contributed by atoms with Crippen LogP contribution in [-0.4, -0.2) is 35.3 Å². The molecule has 3 rings (SSSR count).